The maximum absolute atomic E-state index is 5.93. The van der Waals surface area contributed by atoms with E-state index < -0.39 is 0 Å². The van der Waals surface area contributed by atoms with Gasteiger partial charge in [0.2, 0.25) is 5.95 Å². The highest BCUT2D eigenvalue weighted by Gasteiger charge is 2.30. The van der Waals surface area contributed by atoms with Crippen LogP contribution in [0, 0.1) is 5.92 Å². The molecule has 6 nitrogen and oxygen atoms in total. The minimum absolute atomic E-state index is 0.285. The van der Waals surface area contributed by atoms with E-state index in [1.165, 1.54) is 24.1 Å². The van der Waals surface area contributed by atoms with Gasteiger partial charge < -0.3 is 9.64 Å². The molecule has 0 saturated heterocycles. The van der Waals surface area contributed by atoms with E-state index in [1.807, 2.05) is 17.8 Å². The van der Waals surface area contributed by atoms with Gasteiger partial charge in [-0.25, -0.2) is 9.97 Å². The van der Waals surface area contributed by atoms with Crippen LogP contribution in [-0.4, -0.2) is 39.5 Å². The Morgan fingerprint density at radius 1 is 1.23 bits per heavy atom. The Morgan fingerprint density at radius 3 is 2.82 bits per heavy atom. The predicted molar refractivity (Wildman–Crippen MR) is 82.6 cm³/mol. The van der Waals surface area contributed by atoms with E-state index in [9.17, 15) is 0 Å². The third-order valence-electron chi connectivity index (χ3n) is 4.33. The van der Waals surface area contributed by atoms with Gasteiger partial charge >= 0.3 is 0 Å². The average Bonchev–Trinajstić information content (AvgIpc) is 3.27. The Labute approximate surface area is 130 Å². The van der Waals surface area contributed by atoms with Gasteiger partial charge in [-0.15, -0.1) is 0 Å². The first-order valence-corrected chi connectivity index (χ1v) is 7.91. The van der Waals surface area contributed by atoms with Crippen molar-refractivity contribution in [3.05, 3.63) is 35.9 Å². The topological polar surface area (TPSA) is 56.1 Å². The van der Waals surface area contributed by atoms with Crippen molar-refractivity contribution in [2.75, 3.05) is 24.7 Å². The zero-order valence-corrected chi connectivity index (χ0v) is 12.9. The summed E-state index contributed by atoms with van der Waals surface area (Å²) in [7, 11) is 1.98. The summed E-state index contributed by atoms with van der Waals surface area (Å²) >= 11 is 0. The summed E-state index contributed by atoms with van der Waals surface area (Å²) < 4.78 is 7.83. The second kappa shape index (κ2) is 5.68. The van der Waals surface area contributed by atoms with Crippen LogP contribution >= 0.6 is 0 Å². The van der Waals surface area contributed by atoms with Gasteiger partial charge in [0.25, 0.3) is 0 Å². The number of fused-ring (bicyclic) bond motifs is 1. The molecule has 2 aliphatic rings. The number of hydrogen-bond donors (Lipinski definition) is 0. The van der Waals surface area contributed by atoms with Crippen LogP contribution in [0.1, 0.15) is 30.0 Å². The third kappa shape index (κ3) is 2.83. The third-order valence-corrected chi connectivity index (χ3v) is 4.33. The van der Waals surface area contributed by atoms with Gasteiger partial charge in [-0.2, -0.15) is 5.10 Å². The fraction of sp³-hybridized carbons (Fsp3) is 0.562. The Hall–Kier alpha value is -1.95. The molecule has 1 atom stereocenters. The molecule has 1 aliphatic heterocycles. The summed E-state index contributed by atoms with van der Waals surface area (Å²) in [5.74, 6) is 1.86. The first kappa shape index (κ1) is 13.7. The quantitative estimate of drug-likeness (QED) is 0.842. The van der Waals surface area contributed by atoms with E-state index in [-0.39, 0.29) is 5.92 Å². The van der Waals surface area contributed by atoms with Gasteiger partial charge in [-0.1, -0.05) is 0 Å². The first-order valence-electron chi connectivity index (χ1n) is 7.91. The summed E-state index contributed by atoms with van der Waals surface area (Å²) in [5, 5.41) is 4.64. The molecule has 1 aliphatic carbocycles. The van der Waals surface area contributed by atoms with E-state index >= 15 is 0 Å². The van der Waals surface area contributed by atoms with Crippen molar-refractivity contribution >= 4 is 5.95 Å². The van der Waals surface area contributed by atoms with E-state index in [0.29, 0.717) is 0 Å². The monoisotopic (exact) mass is 299 g/mol. The fourth-order valence-electron chi connectivity index (χ4n) is 3.04. The smallest absolute Gasteiger partial charge is 0.225 e. The summed E-state index contributed by atoms with van der Waals surface area (Å²) in [6.07, 6.45) is 8.32. The molecule has 0 bridgehead atoms. The molecule has 0 radical (unpaired) electrons. The molecule has 22 heavy (non-hydrogen) atoms. The molecular weight excluding hydrogens is 278 g/mol. The van der Waals surface area contributed by atoms with Crippen LogP contribution in [0.4, 0.5) is 5.95 Å². The molecular formula is C16H21N5O. The van der Waals surface area contributed by atoms with Crippen molar-refractivity contribution in [2.24, 2.45) is 13.0 Å². The minimum atomic E-state index is 0.285. The number of nitrogens with zero attached hydrogens (tertiary/aromatic N) is 5. The summed E-state index contributed by atoms with van der Waals surface area (Å²) in [5.41, 5.74) is 2.42. The zero-order chi connectivity index (χ0) is 14.9. The van der Waals surface area contributed by atoms with Crippen LogP contribution in [0.25, 0.3) is 0 Å². The van der Waals surface area contributed by atoms with Crippen molar-refractivity contribution in [3.63, 3.8) is 0 Å². The van der Waals surface area contributed by atoms with Gasteiger partial charge in [0, 0.05) is 56.8 Å². The Balaban J connectivity index is 1.52. The maximum Gasteiger partial charge on any atom is 0.225 e. The van der Waals surface area contributed by atoms with Gasteiger partial charge in [-0.3, -0.25) is 4.68 Å². The highest BCUT2D eigenvalue weighted by Crippen LogP contribution is 2.31. The normalized spacial score (nSPS) is 21.0. The molecule has 6 heteroatoms. The largest absolute Gasteiger partial charge is 0.380 e. The standard InChI is InChI=1S/C16H21N5O/c1-20-7-13-8-21(16-17-5-2-6-18-16)9-14(15(13)19-20)11-22-10-12-3-4-12/h2,5-7,12,14H,3-4,8-11H2,1H3/t14-/m0/s1. The minimum Gasteiger partial charge on any atom is -0.380 e. The van der Waals surface area contributed by atoms with Crippen molar-refractivity contribution in [1.82, 2.24) is 19.7 Å². The Bertz CT molecular complexity index is 637. The second-order valence-corrected chi connectivity index (χ2v) is 6.32. The molecule has 0 N–H and O–H groups in total. The molecule has 0 aromatic carbocycles. The Morgan fingerprint density at radius 2 is 2.05 bits per heavy atom. The lowest BCUT2D eigenvalue weighted by molar-refractivity contribution is 0.109. The van der Waals surface area contributed by atoms with Gasteiger partial charge in [0.05, 0.1) is 12.3 Å². The molecule has 116 valence electrons. The molecule has 1 saturated carbocycles. The second-order valence-electron chi connectivity index (χ2n) is 6.32. The van der Waals surface area contributed by atoms with Gasteiger partial charge in [0.1, 0.15) is 0 Å². The summed E-state index contributed by atoms with van der Waals surface area (Å²) in [6.45, 7) is 3.29. The molecule has 2 aromatic heterocycles. The predicted octanol–water partition coefficient (Wildman–Crippen LogP) is 1.74. The molecule has 0 amide bonds. The highest BCUT2D eigenvalue weighted by molar-refractivity contribution is 5.38. The summed E-state index contributed by atoms with van der Waals surface area (Å²) in [4.78, 5) is 11.0. The SMILES string of the molecule is Cn1cc2c(n1)[C@H](COCC1CC1)CN(c1ncccn1)C2. The van der Waals surface area contributed by atoms with Crippen LogP contribution in [0.15, 0.2) is 24.7 Å². The van der Waals surface area contributed by atoms with Crippen LogP contribution in [0.3, 0.4) is 0 Å². The number of anilines is 1. The molecule has 0 spiro atoms. The van der Waals surface area contributed by atoms with Gasteiger partial charge in [-0.05, 0) is 24.8 Å². The van der Waals surface area contributed by atoms with Crippen LogP contribution < -0.4 is 4.90 Å². The number of hydrogen-bond acceptors (Lipinski definition) is 5. The van der Waals surface area contributed by atoms with Crippen LogP contribution in [0.5, 0.6) is 0 Å². The number of aromatic nitrogens is 4. The number of aryl methyl sites for hydroxylation is 1. The van der Waals surface area contributed by atoms with Crippen molar-refractivity contribution in [3.8, 4) is 0 Å². The fourth-order valence-corrected chi connectivity index (χ4v) is 3.04. The molecule has 4 rings (SSSR count). The maximum atomic E-state index is 5.93. The lowest BCUT2D eigenvalue weighted by Crippen LogP contribution is -2.36. The van der Waals surface area contributed by atoms with Crippen molar-refractivity contribution in [1.29, 1.82) is 0 Å². The first-order chi connectivity index (χ1) is 10.8. The lowest BCUT2D eigenvalue weighted by Gasteiger charge is -2.31. The van der Waals surface area contributed by atoms with Crippen LogP contribution in [-0.2, 0) is 18.3 Å². The molecule has 3 heterocycles. The molecule has 0 unspecified atom stereocenters. The number of ether oxygens (including phenoxy) is 1. The van der Waals surface area contributed by atoms with E-state index in [0.717, 1.165) is 38.2 Å². The molecule has 2 aromatic rings. The number of rotatable bonds is 5. The summed E-state index contributed by atoms with van der Waals surface area (Å²) in [6, 6.07) is 1.85. The van der Waals surface area contributed by atoms with E-state index in [2.05, 4.69) is 26.2 Å². The lowest BCUT2D eigenvalue weighted by atomic mass is 9.97. The average molecular weight is 299 g/mol. The van der Waals surface area contributed by atoms with E-state index in [4.69, 9.17) is 4.74 Å². The van der Waals surface area contributed by atoms with Gasteiger partial charge in [0.15, 0.2) is 0 Å². The molecule has 1 fully saturated rings. The van der Waals surface area contributed by atoms with Crippen molar-refractivity contribution in [2.45, 2.75) is 25.3 Å². The highest BCUT2D eigenvalue weighted by atomic mass is 16.5. The Kier molecular flexibility index (Phi) is 3.54. The van der Waals surface area contributed by atoms with Crippen molar-refractivity contribution < 1.29 is 4.74 Å². The van der Waals surface area contributed by atoms with Crippen LogP contribution in [0.2, 0.25) is 0 Å². The van der Waals surface area contributed by atoms with E-state index in [1.54, 1.807) is 12.4 Å². The zero-order valence-electron chi connectivity index (χ0n) is 12.9.